The van der Waals surface area contributed by atoms with Gasteiger partial charge in [-0.3, -0.25) is 12.7 Å². The van der Waals surface area contributed by atoms with E-state index in [-0.39, 0.29) is 29.6 Å². The number of ether oxygens (including phenoxy) is 1. The Morgan fingerprint density at radius 1 is 1.06 bits per heavy atom. The van der Waals surface area contributed by atoms with E-state index in [1.807, 2.05) is 99.1 Å². The maximum absolute atomic E-state index is 13.1. The zero-order chi connectivity index (χ0) is 24.7. The van der Waals surface area contributed by atoms with Gasteiger partial charge < -0.3 is 19.8 Å². The molecule has 0 saturated carbocycles. The number of amides is 2. The first-order chi connectivity index (χ1) is 16.2. The number of carbonyl (C=O) groups is 2. The van der Waals surface area contributed by atoms with Crippen molar-refractivity contribution in [3.63, 3.8) is 0 Å². The summed E-state index contributed by atoms with van der Waals surface area (Å²) in [7, 11) is 0. The van der Waals surface area contributed by atoms with E-state index >= 15 is 0 Å². The van der Waals surface area contributed by atoms with Crippen molar-refractivity contribution in [1.29, 1.82) is 0 Å². The van der Waals surface area contributed by atoms with Crippen molar-refractivity contribution in [3.8, 4) is 5.75 Å². The van der Waals surface area contributed by atoms with Gasteiger partial charge in [-0.25, -0.2) is 0 Å². The number of nitrogens with zero attached hydrogens (tertiary/aromatic N) is 1. The summed E-state index contributed by atoms with van der Waals surface area (Å²) in [5.41, 5.74) is 1.59. The summed E-state index contributed by atoms with van der Waals surface area (Å²) >= 11 is 2.01. The number of para-hydroxylation sites is 1. The highest BCUT2D eigenvalue weighted by Gasteiger charge is 2.27. The topological polar surface area (TPSA) is 83.8 Å². The highest BCUT2D eigenvalue weighted by molar-refractivity contribution is 14.1. The quantitative estimate of drug-likeness (QED) is 0.227. The normalized spacial score (nSPS) is 12.1. The van der Waals surface area contributed by atoms with Crippen molar-refractivity contribution in [1.82, 2.24) is 8.43 Å². The average molecular weight is 577 g/mol. The largest absolute Gasteiger partial charge is 0.491 e. The van der Waals surface area contributed by atoms with Crippen molar-refractivity contribution in [2.75, 3.05) is 18.4 Å². The molecule has 0 spiro atoms. The minimum Gasteiger partial charge on any atom is -0.491 e. The number of fused-ring (bicyclic) bond motifs is 1. The molecule has 182 valence electrons. The van der Waals surface area contributed by atoms with E-state index in [4.69, 9.17) is 9.15 Å². The van der Waals surface area contributed by atoms with Crippen LogP contribution >= 0.6 is 22.9 Å². The number of hydrogen-bond donors (Lipinski definition) is 2. The van der Waals surface area contributed by atoms with Crippen LogP contribution in [0.25, 0.3) is 11.0 Å². The summed E-state index contributed by atoms with van der Waals surface area (Å²) in [4.78, 5) is 26.0. The lowest BCUT2D eigenvalue weighted by atomic mass is 10.0. The van der Waals surface area contributed by atoms with Crippen LogP contribution in [0.2, 0.25) is 0 Å². The van der Waals surface area contributed by atoms with Crippen LogP contribution in [0, 0.1) is 5.92 Å². The van der Waals surface area contributed by atoms with Gasteiger partial charge in [0.1, 0.15) is 17.4 Å². The Labute approximate surface area is 214 Å². The summed E-state index contributed by atoms with van der Waals surface area (Å²) in [6.45, 7) is 9.09. The van der Waals surface area contributed by atoms with Crippen LogP contribution in [0.15, 0.2) is 59.0 Å². The number of benzene rings is 2. The molecule has 7 nitrogen and oxygen atoms in total. The zero-order valence-corrected chi connectivity index (χ0v) is 22.2. The fraction of sp³-hybridized carbons (Fsp3) is 0.385. The first kappa shape index (κ1) is 25.9. The molecule has 0 aliphatic heterocycles. The molecule has 0 unspecified atom stereocenters. The minimum atomic E-state index is -0.634. The number of nitrogens with one attached hydrogen (secondary N) is 2. The molecule has 1 atom stereocenters. The molecule has 34 heavy (non-hydrogen) atoms. The van der Waals surface area contributed by atoms with Crippen LogP contribution in [0.3, 0.4) is 0 Å². The van der Waals surface area contributed by atoms with E-state index in [0.29, 0.717) is 25.1 Å². The molecule has 1 aromatic heterocycles. The van der Waals surface area contributed by atoms with Gasteiger partial charge >= 0.3 is 0 Å². The molecule has 2 amide bonds. The van der Waals surface area contributed by atoms with E-state index in [0.717, 1.165) is 16.8 Å². The Bertz CT molecular complexity index is 1060. The number of carbonyl (C=O) groups excluding carboxylic acids is 2. The molecular weight excluding hydrogens is 545 g/mol. The monoisotopic (exact) mass is 577 g/mol. The maximum atomic E-state index is 13.1. The predicted octanol–water partition coefficient (Wildman–Crippen LogP) is 5.66. The molecule has 2 N–H and O–H groups in total. The van der Waals surface area contributed by atoms with Gasteiger partial charge in [-0.05, 0) is 62.6 Å². The van der Waals surface area contributed by atoms with Crippen molar-refractivity contribution in [2.45, 2.75) is 46.3 Å². The lowest BCUT2D eigenvalue weighted by Gasteiger charge is -2.24. The van der Waals surface area contributed by atoms with Gasteiger partial charge in [-0.15, -0.1) is 0 Å². The molecule has 0 fully saturated rings. The van der Waals surface area contributed by atoms with Crippen LogP contribution in [-0.4, -0.2) is 40.2 Å². The van der Waals surface area contributed by atoms with E-state index in [9.17, 15) is 9.59 Å². The number of furan rings is 1. The highest BCUT2D eigenvalue weighted by atomic mass is 127. The van der Waals surface area contributed by atoms with E-state index < -0.39 is 6.04 Å². The Hall–Kier alpha value is -2.75. The van der Waals surface area contributed by atoms with Gasteiger partial charge in [0.2, 0.25) is 0 Å². The van der Waals surface area contributed by atoms with Crippen LogP contribution in [0.4, 0.5) is 5.69 Å². The zero-order valence-electron chi connectivity index (χ0n) is 20.0. The van der Waals surface area contributed by atoms with Crippen LogP contribution < -0.4 is 15.4 Å². The van der Waals surface area contributed by atoms with Gasteiger partial charge in [0.15, 0.2) is 5.76 Å². The molecule has 3 aromatic rings. The van der Waals surface area contributed by atoms with Gasteiger partial charge in [0.05, 0.1) is 29.0 Å². The Morgan fingerprint density at radius 3 is 2.41 bits per heavy atom. The highest BCUT2D eigenvalue weighted by Crippen LogP contribution is 2.20. The summed E-state index contributed by atoms with van der Waals surface area (Å²) < 4.78 is 12.9. The van der Waals surface area contributed by atoms with Gasteiger partial charge in [-0.2, -0.15) is 0 Å². The van der Waals surface area contributed by atoms with E-state index in [1.54, 1.807) is 9.18 Å². The third kappa shape index (κ3) is 7.38. The summed E-state index contributed by atoms with van der Waals surface area (Å²) in [5.74, 6) is 0.736. The molecule has 3 rings (SSSR count). The molecule has 1 heterocycles. The Morgan fingerprint density at radius 2 is 1.76 bits per heavy atom. The van der Waals surface area contributed by atoms with Crippen LogP contribution in [0.5, 0.6) is 5.75 Å². The van der Waals surface area contributed by atoms with Crippen molar-refractivity contribution in [2.24, 2.45) is 5.92 Å². The third-order valence-electron chi connectivity index (χ3n) is 5.06. The number of rotatable bonds is 11. The first-order valence-corrected chi connectivity index (χ1v) is 12.5. The molecule has 0 saturated heterocycles. The second-order valence-corrected chi connectivity index (χ2v) is 10.0. The van der Waals surface area contributed by atoms with Crippen LogP contribution in [-0.2, 0) is 4.79 Å². The lowest BCUT2D eigenvalue weighted by molar-refractivity contribution is -0.127. The first-order valence-electron chi connectivity index (χ1n) is 11.5. The molecule has 0 aliphatic rings. The SMILES string of the molecule is CC(C)C[C@H](NC(=O)c1cc2ccccc2o1)C(=O)N(I)CCNc1ccc(OC(C)C)cc1. The van der Waals surface area contributed by atoms with E-state index in [1.165, 1.54) is 0 Å². The molecule has 8 heteroatoms. The predicted molar refractivity (Wildman–Crippen MR) is 143 cm³/mol. The third-order valence-corrected chi connectivity index (χ3v) is 6.02. The Kier molecular flexibility index (Phi) is 9.20. The minimum absolute atomic E-state index is 0.128. The lowest BCUT2D eigenvalue weighted by Crippen LogP contribution is -2.47. The van der Waals surface area contributed by atoms with Gasteiger partial charge in [-0.1, -0.05) is 32.0 Å². The Balaban J connectivity index is 1.56. The van der Waals surface area contributed by atoms with Crippen molar-refractivity contribution >= 4 is 51.3 Å². The van der Waals surface area contributed by atoms with E-state index in [2.05, 4.69) is 10.6 Å². The summed E-state index contributed by atoms with van der Waals surface area (Å²) in [5, 5.41) is 7.04. The second kappa shape index (κ2) is 12.1. The fourth-order valence-corrected chi connectivity index (χ4v) is 4.09. The van der Waals surface area contributed by atoms with Crippen LogP contribution in [0.1, 0.15) is 44.7 Å². The molecule has 2 aromatic carbocycles. The average Bonchev–Trinajstić information content (AvgIpc) is 3.23. The number of anilines is 1. The maximum Gasteiger partial charge on any atom is 0.287 e. The van der Waals surface area contributed by atoms with Crippen molar-refractivity contribution in [3.05, 3.63) is 60.4 Å². The molecule has 0 aliphatic carbocycles. The molecule has 0 bridgehead atoms. The fourth-order valence-electron chi connectivity index (χ4n) is 3.52. The number of hydrogen-bond acceptors (Lipinski definition) is 5. The smallest absolute Gasteiger partial charge is 0.287 e. The second-order valence-electron chi connectivity index (χ2n) is 8.85. The van der Waals surface area contributed by atoms with Crippen molar-refractivity contribution < 1.29 is 18.7 Å². The van der Waals surface area contributed by atoms with Gasteiger partial charge in [0.25, 0.3) is 11.8 Å². The standard InChI is InChI=1S/C26H32IN3O4/c1-17(2)15-22(29-25(31)24-16-19-7-5-6-8-23(19)34-24)26(32)30(27)14-13-28-20-9-11-21(12-10-20)33-18(3)4/h5-12,16-18,22,28H,13-15H2,1-4H3,(H,29,31)/t22-/m0/s1. The molecule has 0 radical (unpaired) electrons. The molecular formula is C26H32IN3O4. The van der Waals surface area contributed by atoms with Gasteiger partial charge in [0, 0.05) is 24.2 Å². The summed E-state index contributed by atoms with van der Waals surface area (Å²) in [6.07, 6.45) is 0.665. The summed E-state index contributed by atoms with van der Waals surface area (Å²) in [6, 6.07) is 16.2. The number of halogens is 1.